The molecule has 1 aliphatic rings. The quantitative estimate of drug-likeness (QED) is 0.224. The summed E-state index contributed by atoms with van der Waals surface area (Å²) in [7, 11) is -3.02. The van der Waals surface area contributed by atoms with Gasteiger partial charge >= 0.3 is 6.08 Å². The van der Waals surface area contributed by atoms with E-state index in [9.17, 15) is 9.50 Å². The molecule has 0 saturated carbocycles. The maximum atomic E-state index is 14.1. The summed E-state index contributed by atoms with van der Waals surface area (Å²) in [4.78, 5) is 11.6. The van der Waals surface area contributed by atoms with Crippen molar-refractivity contribution in [2.24, 2.45) is 0 Å². The SMILES string of the molecule is C#CC1(CO[Si](c2ccccc2)(c2ccccc2)C(C)(C)C)OCCC1(O)n1cnc2c(N)nc(F)nc21. The molecule has 2 aromatic heterocycles. The predicted molar refractivity (Wildman–Crippen MR) is 146 cm³/mol. The summed E-state index contributed by atoms with van der Waals surface area (Å²) < 4.78 is 28.6. The fraction of sp³-hybridized carbons (Fsp3) is 0.321. The van der Waals surface area contributed by atoms with Crippen LogP contribution >= 0.6 is 0 Å². The van der Waals surface area contributed by atoms with E-state index in [0.717, 1.165) is 10.4 Å². The topological polar surface area (TPSA) is 108 Å². The molecule has 0 aliphatic carbocycles. The van der Waals surface area contributed by atoms with Gasteiger partial charge in [-0.25, -0.2) is 4.98 Å². The summed E-state index contributed by atoms with van der Waals surface area (Å²) in [6, 6.07) is 20.2. The highest BCUT2D eigenvalue weighted by Gasteiger charge is 2.60. The molecule has 4 aromatic rings. The lowest BCUT2D eigenvalue weighted by Gasteiger charge is -2.46. The number of nitrogen functional groups attached to an aromatic ring is 1. The van der Waals surface area contributed by atoms with E-state index in [1.807, 2.05) is 36.4 Å². The van der Waals surface area contributed by atoms with Crippen molar-refractivity contribution >= 4 is 35.7 Å². The number of anilines is 1. The first-order chi connectivity index (χ1) is 18.1. The lowest BCUT2D eigenvalue weighted by atomic mass is 9.91. The second-order valence-corrected chi connectivity index (χ2v) is 14.8. The second kappa shape index (κ2) is 9.29. The molecule has 1 fully saturated rings. The van der Waals surface area contributed by atoms with E-state index in [0.29, 0.717) is 0 Å². The van der Waals surface area contributed by atoms with Crippen molar-refractivity contribution in [2.75, 3.05) is 18.9 Å². The molecule has 1 aliphatic heterocycles. The largest absolute Gasteiger partial charge is 0.403 e. The first kappa shape index (κ1) is 26.0. The lowest BCUT2D eigenvalue weighted by Crippen LogP contribution is -2.68. The summed E-state index contributed by atoms with van der Waals surface area (Å²) in [6.45, 7) is 6.46. The van der Waals surface area contributed by atoms with Crippen LogP contribution in [0.2, 0.25) is 5.04 Å². The average Bonchev–Trinajstić information content (AvgIpc) is 3.47. The van der Waals surface area contributed by atoms with Gasteiger partial charge in [-0.05, 0) is 15.4 Å². The van der Waals surface area contributed by atoms with Crippen LogP contribution in [0.4, 0.5) is 10.2 Å². The van der Waals surface area contributed by atoms with E-state index < -0.39 is 25.7 Å². The van der Waals surface area contributed by atoms with E-state index in [2.05, 4.69) is 65.9 Å². The summed E-state index contributed by atoms with van der Waals surface area (Å²) in [5, 5.41) is 13.9. The number of hydrogen-bond donors (Lipinski definition) is 2. The number of halogens is 1. The van der Waals surface area contributed by atoms with Crippen LogP contribution in [0.15, 0.2) is 67.0 Å². The van der Waals surface area contributed by atoms with Gasteiger partial charge in [0.15, 0.2) is 28.3 Å². The van der Waals surface area contributed by atoms with Crippen molar-refractivity contribution in [2.45, 2.75) is 43.6 Å². The van der Waals surface area contributed by atoms with Gasteiger partial charge in [-0.3, -0.25) is 4.57 Å². The Morgan fingerprint density at radius 3 is 2.29 bits per heavy atom. The van der Waals surface area contributed by atoms with Crippen LogP contribution in [0.1, 0.15) is 27.2 Å². The zero-order valence-corrected chi connectivity index (χ0v) is 22.6. The van der Waals surface area contributed by atoms with Crippen molar-refractivity contribution < 1.29 is 18.7 Å². The highest BCUT2D eigenvalue weighted by atomic mass is 28.4. The number of benzene rings is 2. The Hall–Kier alpha value is -3.62. The van der Waals surface area contributed by atoms with Gasteiger partial charge in [-0.1, -0.05) is 87.4 Å². The van der Waals surface area contributed by atoms with Gasteiger partial charge in [-0.15, -0.1) is 6.42 Å². The van der Waals surface area contributed by atoms with Crippen LogP contribution in [-0.2, 0) is 14.9 Å². The zero-order valence-electron chi connectivity index (χ0n) is 21.6. The molecule has 0 radical (unpaired) electrons. The fourth-order valence-electron chi connectivity index (χ4n) is 5.49. The molecule has 3 heterocycles. The minimum atomic E-state index is -3.02. The third-order valence-electron chi connectivity index (χ3n) is 7.38. The number of rotatable bonds is 6. The van der Waals surface area contributed by atoms with Crippen molar-refractivity contribution in [3.05, 3.63) is 73.1 Å². The molecule has 8 nitrogen and oxygen atoms in total. The van der Waals surface area contributed by atoms with Crippen LogP contribution < -0.4 is 16.1 Å². The van der Waals surface area contributed by atoms with Gasteiger partial charge in [0.25, 0.3) is 8.32 Å². The van der Waals surface area contributed by atoms with E-state index in [-0.39, 0.29) is 41.7 Å². The summed E-state index contributed by atoms with van der Waals surface area (Å²) >= 11 is 0. The molecule has 0 spiro atoms. The minimum Gasteiger partial charge on any atom is -0.403 e. The normalized spacial score (nSPS) is 22.0. The van der Waals surface area contributed by atoms with Crippen LogP contribution in [0.25, 0.3) is 11.2 Å². The molecule has 2 atom stereocenters. The summed E-state index contributed by atoms with van der Waals surface area (Å²) in [5.41, 5.74) is 2.59. The van der Waals surface area contributed by atoms with Gasteiger partial charge in [0, 0.05) is 6.42 Å². The molecule has 38 heavy (non-hydrogen) atoms. The molecule has 0 bridgehead atoms. The first-order valence-corrected chi connectivity index (χ1v) is 14.2. The maximum absolute atomic E-state index is 14.1. The highest BCUT2D eigenvalue weighted by molar-refractivity contribution is 6.99. The van der Waals surface area contributed by atoms with E-state index >= 15 is 0 Å². The molecule has 1 saturated heterocycles. The molecule has 3 N–H and O–H groups in total. The zero-order chi connectivity index (χ0) is 27.2. The number of imidazole rings is 1. The molecular formula is C28H30FN5O3Si. The Bertz CT molecular complexity index is 1460. The van der Waals surface area contributed by atoms with Crippen LogP contribution in [0.3, 0.4) is 0 Å². The van der Waals surface area contributed by atoms with Crippen molar-refractivity contribution in [3.63, 3.8) is 0 Å². The number of hydrogen-bond acceptors (Lipinski definition) is 7. The van der Waals surface area contributed by atoms with Crippen LogP contribution in [-0.4, -0.2) is 51.8 Å². The highest BCUT2D eigenvalue weighted by Crippen LogP contribution is 2.44. The first-order valence-electron chi connectivity index (χ1n) is 12.3. The number of terminal acetylenes is 1. The third kappa shape index (κ3) is 3.82. The van der Waals surface area contributed by atoms with E-state index in [1.54, 1.807) is 0 Å². The van der Waals surface area contributed by atoms with Gasteiger partial charge in [0.1, 0.15) is 0 Å². The minimum absolute atomic E-state index is 0.0214. The predicted octanol–water partition coefficient (Wildman–Crippen LogP) is 2.56. The smallest absolute Gasteiger partial charge is 0.312 e. The Labute approximate surface area is 221 Å². The standard InChI is InChI=1S/C28H30FN5O3Si/c1-5-27(28(35,16-17-36-27)34-19-31-22-23(30)32-25(29)33-24(22)34)18-37-38(26(2,3)4,20-12-8-6-9-13-20)21-14-10-7-11-15-21/h1,6-15,19,35H,16-18H2,2-4H3,(H2,30,32,33). The van der Waals surface area contributed by atoms with Crippen molar-refractivity contribution in [1.82, 2.24) is 19.5 Å². The fourth-order valence-corrected chi connectivity index (χ4v) is 10.1. The van der Waals surface area contributed by atoms with Crippen molar-refractivity contribution in [1.29, 1.82) is 0 Å². The summed E-state index contributed by atoms with van der Waals surface area (Å²) in [6.07, 6.45) is 6.51. The number of nitrogens with zero attached hydrogens (tertiary/aromatic N) is 4. The average molecular weight is 532 g/mol. The number of ether oxygens (including phenoxy) is 1. The number of fused-ring (bicyclic) bond motifs is 1. The maximum Gasteiger partial charge on any atom is 0.312 e. The molecule has 2 aromatic carbocycles. The van der Waals surface area contributed by atoms with Gasteiger partial charge in [0.05, 0.1) is 19.5 Å². The number of aromatic nitrogens is 4. The van der Waals surface area contributed by atoms with Crippen LogP contribution in [0.5, 0.6) is 0 Å². The van der Waals surface area contributed by atoms with Crippen molar-refractivity contribution in [3.8, 4) is 12.3 Å². The number of aliphatic hydroxyl groups is 1. The summed E-state index contributed by atoms with van der Waals surface area (Å²) in [5.74, 6) is 2.55. The van der Waals surface area contributed by atoms with Crippen LogP contribution in [0, 0.1) is 18.4 Å². The van der Waals surface area contributed by atoms with Gasteiger partial charge in [-0.2, -0.15) is 14.4 Å². The Kier molecular flexibility index (Phi) is 6.36. The Balaban J connectivity index is 1.65. The lowest BCUT2D eigenvalue weighted by molar-refractivity contribution is -0.149. The number of nitrogens with two attached hydrogens (primary N) is 1. The van der Waals surface area contributed by atoms with Gasteiger partial charge in [0.2, 0.25) is 0 Å². The second-order valence-electron chi connectivity index (χ2n) is 10.5. The molecular weight excluding hydrogens is 501 g/mol. The third-order valence-corrected chi connectivity index (χ3v) is 12.4. The van der Waals surface area contributed by atoms with E-state index in [4.69, 9.17) is 21.3 Å². The Morgan fingerprint density at radius 2 is 1.74 bits per heavy atom. The molecule has 0 amide bonds. The van der Waals surface area contributed by atoms with E-state index in [1.165, 1.54) is 10.9 Å². The molecule has 5 rings (SSSR count). The molecule has 2 unspecified atom stereocenters. The van der Waals surface area contributed by atoms with Gasteiger partial charge < -0.3 is 20.0 Å². The molecule has 10 heteroatoms. The monoisotopic (exact) mass is 531 g/mol. The Morgan fingerprint density at radius 1 is 1.13 bits per heavy atom. The molecule has 196 valence electrons.